The normalized spacial score (nSPS) is 15.5. The molecule has 0 saturated carbocycles. The molecule has 0 aliphatic rings. The Morgan fingerprint density at radius 1 is 0.767 bits per heavy atom. The molecule has 12 N–H and O–H groups in total. The van der Waals surface area contributed by atoms with Crippen LogP contribution in [0.5, 0.6) is 0 Å². The summed E-state index contributed by atoms with van der Waals surface area (Å²) in [5, 5.41) is 61.9. The molecule has 0 aromatic rings. The first-order valence-corrected chi connectivity index (χ1v) is 8.97. The van der Waals surface area contributed by atoms with Crippen molar-refractivity contribution in [3.63, 3.8) is 0 Å². The number of amides is 2. The van der Waals surface area contributed by atoms with Crippen molar-refractivity contribution in [2.75, 3.05) is 46.1 Å². The highest BCUT2D eigenvalue weighted by atomic mass is 16.4. The van der Waals surface area contributed by atoms with E-state index >= 15 is 0 Å². The van der Waals surface area contributed by atoms with E-state index in [0.29, 0.717) is 0 Å². The second-order valence-electron chi connectivity index (χ2n) is 6.68. The zero-order chi connectivity index (χ0) is 23.5. The maximum atomic E-state index is 12.4. The van der Waals surface area contributed by atoms with Gasteiger partial charge in [-0.2, -0.15) is 0 Å². The summed E-state index contributed by atoms with van der Waals surface area (Å²) in [4.78, 5) is 47.5. The van der Waals surface area contributed by atoms with E-state index in [9.17, 15) is 44.7 Å². The van der Waals surface area contributed by atoms with Crippen molar-refractivity contribution in [1.29, 1.82) is 0 Å². The average molecular weight is 438 g/mol. The largest absolute Gasteiger partial charge is 0.480 e. The summed E-state index contributed by atoms with van der Waals surface area (Å²) in [6.07, 6.45) is 0. The van der Waals surface area contributed by atoms with E-state index < -0.39 is 85.9 Å². The van der Waals surface area contributed by atoms with E-state index in [-0.39, 0.29) is 13.1 Å². The van der Waals surface area contributed by atoms with Gasteiger partial charge in [0.1, 0.15) is 5.54 Å². The molecule has 0 aromatic carbocycles. The maximum absolute atomic E-state index is 12.4. The van der Waals surface area contributed by atoms with Gasteiger partial charge in [0.05, 0.1) is 18.4 Å². The number of aliphatic hydroxyl groups excluding tert-OH is 4. The topological polar surface area (TPSA) is 266 Å². The summed E-state index contributed by atoms with van der Waals surface area (Å²) >= 11 is 0. The first-order chi connectivity index (χ1) is 14.0. The third-order valence-electron chi connectivity index (χ3n) is 4.82. The van der Waals surface area contributed by atoms with Crippen molar-refractivity contribution >= 4 is 23.8 Å². The molecule has 2 unspecified atom stereocenters. The van der Waals surface area contributed by atoms with Crippen LogP contribution < -0.4 is 22.1 Å². The second kappa shape index (κ2) is 13.0. The number of carboxylic acid groups (broad SMARTS) is 2. The lowest BCUT2D eigenvalue weighted by molar-refractivity contribution is -0.164. The van der Waals surface area contributed by atoms with E-state index in [0.717, 1.165) is 0 Å². The second-order valence-corrected chi connectivity index (χ2v) is 6.68. The highest BCUT2D eigenvalue weighted by Crippen LogP contribution is 2.36. The lowest BCUT2D eigenvalue weighted by atomic mass is 9.64. The number of carbonyl (C=O) groups is 4. The molecular formula is C16H30N4O10. The minimum Gasteiger partial charge on any atom is -0.480 e. The van der Waals surface area contributed by atoms with Crippen LogP contribution in [0, 0.1) is 23.7 Å². The first-order valence-electron chi connectivity index (χ1n) is 8.97. The van der Waals surface area contributed by atoms with Gasteiger partial charge in [0, 0.05) is 51.4 Å². The van der Waals surface area contributed by atoms with Crippen molar-refractivity contribution in [3.8, 4) is 0 Å². The third-order valence-corrected chi connectivity index (χ3v) is 4.82. The molecule has 0 aliphatic heterocycles. The Labute approximate surface area is 171 Å². The Hall–Kier alpha value is -2.36. The number of aliphatic hydroxyl groups is 4. The van der Waals surface area contributed by atoms with Crippen LogP contribution in [0.25, 0.3) is 0 Å². The van der Waals surface area contributed by atoms with E-state index in [1.165, 1.54) is 0 Å². The number of rotatable bonds is 17. The number of nitrogens with two attached hydrogens (primary N) is 2. The predicted octanol–water partition coefficient (Wildman–Crippen LogP) is -5.52. The van der Waals surface area contributed by atoms with Crippen molar-refractivity contribution in [3.05, 3.63) is 0 Å². The fourth-order valence-electron chi connectivity index (χ4n) is 3.50. The quantitative estimate of drug-likeness (QED) is 0.0953. The van der Waals surface area contributed by atoms with E-state index in [4.69, 9.17) is 16.6 Å². The SMILES string of the molecule is NC(=O)C(C(CO)CO)C(NCCNCC(=O)O)(C(=O)O)C(C(N)=O)C(CO)CO. The van der Waals surface area contributed by atoms with Gasteiger partial charge in [-0.25, -0.2) is 0 Å². The van der Waals surface area contributed by atoms with Gasteiger partial charge in [-0.1, -0.05) is 0 Å². The third kappa shape index (κ3) is 6.58. The van der Waals surface area contributed by atoms with E-state index in [2.05, 4.69) is 10.6 Å². The fraction of sp³-hybridized carbons (Fsp3) is 0.750. The Bertz CT molecular complexity index is 565. The summed E-state index contributed by atoms with van der Waals surface area (Å²) < 4.78 is 0. The van der Waals surface area contributed by atoms with Crippen LogP contribution in [0.15, 0.2) is 0 Å². The van der Waals surface area contributed by atoms with Crippen LogP contribution in [0.3, 0.4) is 0 Å². The number of hydrogen-bond acceptors (Lipinski definition) is 10. The van der Waals surface area contributed by atoms with Crippen LogP contribution in [0.1, 0.15) is 0 Å². The van der Waals surface area contributed by atoms with E-state index in [1.807, 2.05) is 0 Å². The molecule has 2 amide bonds. The Balaban J connectivity index is 6.51. The molecule has 0 aromatic heterocycles. The number of aliphatic carboxylic acids is 2. The molecule has 0 rings (SSSR count). The molecular weight excluding hydrogens is 408 g/mol. The molecule has 0 aliphatic carbocycles. The summed E-state index contributed by atoms with van der Waals surface area (Å²) in [5.74, 6) is -12.3. The predicted molar refractivity (Wildman–Crippen MR) is 99.6 cm³/mol. The van der Waals surface area contributed by atoms with Crippen molar-refractivity contribution in [2.45, 2.75) is 5.54 Å². The molecule has 14 heteroatoms. The molecule has 2 atom stereocenters. The Morgan fingerprint density at radius 2 is 1.17 bits per heavy atom. The number of primary amides is 2. The van der Waals surface area contributed by atoms with Crippen LogP contribution in [0.2, 0.25) is 0 Å². The van der Waals surface area contributed by atoms with Gasteiger partial charge in [0.25, 0.3) is 0 Å². The molecule has 14 nitrogen and oxygen atoms in total. The zero-order valence-corrected chi connectivity index (χ0v) is 16.2. The highest BCUT2D eigenvalue weighted by Gasteiger charge is 2.60. The van der Waals surface area contributed by atoms with Crippen LogP contribution in [0.4, 0.5) is 0 Å². The fourth-order valence-corrected chi connectivity index (χ4v) is 3.50. The van der Waals surface area contributed by atoms with Crippen LogP contribution >= 0.6 is 0 Å². The van der Waals surface area contributed by atoms with E-state index in [1.54, 1.807) is 0 Å². The van der Waals surface area contributed by atoms with Crippen molar-refractivity contribution < 1.29 is 49.8 Å². The summed E-state index contributed by atoms with van der Waals surface area (Å²) in [7, 11) is 0. The molecule has 174 valence electrons. The average Bonchev–Trinajstić information content (AvgIpc) is 2.67. The molecule has 0 radical (unpaired) electrons. The standard InChI is InChI=1S/C16H30N4O10/c17-13(27)11(8(4-21)5-22)16(15(29)30,20-2-1-19-3-10(25)26)12(14(18)28)9(6-23)7-24/h8-9,11-12,19-24H,1-7H2,(H2,17,27)(H2,18,28)(H,25,26)(H,29,30). The minimum absolute atomic E-state index is 0.135. The first kappa shape index (κ1) is 27.6. The van der Waals surface area contributed by atoms with Gasteiger partial charge in [-0.3, -0.25) is 24.5 Å². The van der Waals surface area contributed by atoms with Gasteiger partial charge in [0.2, 0.25) is 11.8 Å². The van der Waals surface area contributed by atoms with Gasteiger partial charge in [-0.05, 0) is 0 Å². The highest BCUT2D eigenvalue weighted by molar-refractivity contribution is 5.95. The zero-order valence-electron chi connectivity index (χ0n) is 16.2. The van der Waals surface area contributed by atoms with Crippen molar-refractivity contribution in [2.24, 2.45) is 35.1 Å². The smallest absolute Gasteiger partial charge is 0.325 e. The summed E-state index contributed by atoms with van der Waals surface area (Å²) in [6, 6.07) is 0. The Morgan fingerprint density at radius 3 is 1.43 bits per heavy atom. The molecule has 0 spiro atoms. The van der Waals surface area contributed by atoms with Crippen LogP contribution in [-0.4, -0.2) is 106 Å². The lowest BCUT2D eigenvalue weighted by Gasteiger charge is -2.45. The maximum Gasteiger partial charge on any atom is 0.325 e. The van der Waals surface area contributed by atoms with Crippen molar-refractivity contribution in [1.82, 2.24) is 10.6 Å². The molecule has 0 saturated heterocycles. The Kier molecular flexibility index (Phi) is 12.0. The number of carboxylic acids is 2. The summed E-state index contributed by atoms with van der Waals surface area (Å²) in [5.41, 5.74) is 8.09. The lowest BCUT2D eigenvalue weighted by Crippen LogP contribution is -2.71. The molecule has 30 heavy (non-hydrogen) atoms. The molecule has 0 heterocycles. The monoisotopic (exact) mass is 438 g/mol. The molecule has 0 fully saturated rings. The minimum atomic E-state index is -2.64. The van der Waals surface area contributed by atoms with Gasteiger partial charge < -0.3 is 47.4 Å². The van der Waals surface area contributed by atoms with Crippen LogP contribution in [-0.2, 0) is 19.2 Å². The number of nitrogens with one attached hydrogen (secondary N) is 2. The van der Waals surface area contributed by atoms with Gasteiger partial charge in [0.15, 0.2) is 0 Å². The summed E-state index contributed by atoms with van der Waals surface area (Å²) in [6.45, 7) is -4.45. The number of hydrogen-bond donors (Lipinski definition) is 10. The van der Waals surface area contributed by atoms with Gasteiger partial charge >= 0.3 is 11.9 Å². The molecule has 0 bridgehead atoms. The van der Waals surface area contributed by atoms with Gasteiger partial charge in [-0.15, -0.1) is 0 Å². The number of carbonyl (C=O) groups excluding carboxylic acids is 2.